The number of hydrogen-bond acceptors (Lipinski definition) is 4. The zero-order valence-electron chi connectivity index (χ0n) is 17.3. The van der Waals surface area contributed by atoms with Gasteiger partial charge in [0.2, 0.25) is 0 Å². The number of piperidine rings is 1. The van der Waals surface area contributed by atoms with E-state index in [1.807, 2.05) is 18.5 Å². The van der Waals surface area contributed by atoms with Crippen molar-refractivity contribution >= 4 is 0 Å². The minimum absolute atomic E-state index is 0.385. The fourth-order valence-electron chi connectivity index (χ4n) is 5.04. The zero-order chi connectivity index (χ0) is 19.0. The summed E-state index contributed by atoms with van der Waals surface area (Å²) in [7, 11) is 4.60. The lowest BCUT2D eigenvalue weighted by molar-refractivity contribution is -0.0205. The van der Waals surface area contributed by atoms with E-state index < -0.39 is 0 Å². The van der Waals surface area contributed by atoms with Crippen LogP contribution in [0.15, 0.2) is 30.6 Å². The van der Waals surface area contributed by atoms with Gasteiger partial charge in [0.15, 0.2) is 0 Å². The Labute approximate surface area is 163 Å². The summed E-state index contributed by atoms with van der Waals surface area (Å²) < 4.78 is 2.33. The molecule has 27 heavy (non-hydrogen) atoms. The summed E-state index contributed by atoms with van der Waals surface area (Å²) in [6, 6.07) is 6.50. The van der Waals surface area contributed by atoms with Gasteiger partial charge >= 0.3 is 0 Å². The van der Waals surface area contributed by atoms with Gasteiger partial charge in [0.25, 0.3) is 0 Å². The van der Waals surface area contributed by atoms with E-state index in [0.717, 1.165) is 12.2 Å². The van der Waals surface area contributed by atoms with Crippen LogP contribution in [0.2, 0.25) is 0 Å². The Morgan fingerprint density at radius 3 is 2.56 bits per heavy atom. The van der Waals surface area contributed by atoms with Crippen LogP contribution in [-0.4, -0.2) is 76.6 Å². The molecular formula is C22H33N5. The highest BCUT2D eigenvalue weighted by Gasteiger charge is 2.41. The minimum Gasteiger partial charge on any atom is -0.317 e. The number of aromatic nitrogens is 2. The Bertz CT molecular complexity index is 774. The minimum atomic E-state index is 0.385. The first kappa shape index (κ1) is 18.7. The summed E-state index contributed by atoms with van der Waals surface area (Å²) in [6.45, 7) is 11.5. The van der Waals surface area contributed by atoms with Crippen LogP contribution < -0.4 is 0 Å². The number of pyridine rings is 1. The molecule has 4 heterocycles. The molecule has 2 aliphatic heterocycles. The van der Waals surface area contributed by atoms with Crippen molar-refractivity contribution in [3.05, 3.63) is 47.5 Å². The predicted octanol–water partition coefficient (Wildman–Crippen LogP) is 2.70. The number of nitrogens with zero attached hydrogens (tertiary/aromatic N) is 5. The second-order valence-electron chi connectivity index (χ2n) is 8.60. The van der Waals surface area contributed by atoms with E-state index in [0.29, 0.717) is 5.54 Å². The van der Waals surface area contributed by atoms with Crippen molar-refractivity contribution in [1.82, 2.24) is 24.3 Å². The van der Waals surface area contributed by atoms with Crippen molar-refractivity contribution in [1.29, 1.82) is 0 Å². The second kappa shape index (κ2) is 7.38. The summed E-state index contributed by atoms with van der Waals surface area (Å²) in [5.41, 5.74) is 5.62. The molecule has 0 aromatic carbocycles. The quantitative estimate of drug-likeness (QED) is 0.834. The van der Waals surface area contributed by atoms with Crippen molar-refractivity contribution in [2.75, 3.05) is 46.8 Å². The Kier molecular flexibility index (Phi) is 5.10. The van der Waals surface area contributed by atoms with Crippen molar-refractivity contribution in [3.63, 3.8) is 0 Å². The van der Waals surface area contributed by atoms with Gasteiger partial charge < -0.3 is 9.47 Å². The average Bonchev–Trinajstić information content (AvgIpc) is 2.94. The van der Waals surface area contributed by atoms with Gasteiger partial charge in [-0.2, -0.15) is 0 Å². The molecule has 0 atom stereocenters. The largest absolute Gasteiger partial charge is 0.317 e. The number of likely N-dealkylation sites (tertiary alicyclic amines) is 1. The molecule has 0 amide bonds. The fourth-order valence-corrected chi connectivity index (χ4v) is 5.04. The molecule has 0 saturated carbocycles. The van der Waals surface area contributed by atoms with E-state index >= 15 is 0 Å². The molecule has 1 spiro atoms. The summed E-state index contributed by atoms with van der Waals surface area (Å²) >= 11 is 0. The molecule has 0 radical (unpaired) electrons. The van der Waals surface area contributed by atoms with Gasteiger partial charge in [0, 0.05) is 62.4 Å². The zero-order valence-corrected chi connectivity index (χ0v) is 17.3. The number of hydrogen-bond donors (Lipinski definition) is 0. The molecular weight excluding hydrogens is 334 g/mol. The highest BCUT2D eigenvalue weighted by Crippen LogP contribution is 2.32. The molecule has 5 heteroatoms. The lowest BCUT2D eigenvalue weighted by Gasteiger charge is -2.52. The maximum Gasteiger partial charge on any atom is 0.0638 e. The highest BCUT2D eigenvalue weighted by atomic mass is 15.3. The van der Waals surface area contributed by atoms with Crippen LogP contribution in [0.5, 0.6) is 0 Å². The summed E-state index contributed by atoms with van der Waals surface area (Å²) in [4.78, 5) is 12.1. The van der Waals surface area contributed by atoms with Crippen molar-refractivity contribution < 1.29 is 0 Å². The van der Waals surface area contributed by atoms with Gasteiger partial charge in [-0.05, 0) is 64.5 Å². The number of likely N-dealkylation sites (N-methyl/N-ethyl adjacent to an activating group) is 2. The molecule has 2 fully saturated rings. The first-order valence-corrected chi connectivity index (χ1v) is 10.2. The summed E-state index contributed by atoms with van der Waals surface area (Å²) in [5, 5.41) is 0. The highest BCUT2D eigenvalue weighted by molar-refractivity contribution is 5.39. The van der Waals surface area contributed by atoms with E-state index in [1.54, 1.807) is 0 Å². The van der Waals surface area contributed by atoms with Crippen LogP contribution in [0.4, 0.5) is 0 Å². The van der Waals surface area contributed by atoms with Crippen molar-refractivity contribution in [3.8, 4) is 5.69 Å². The lowest BCUT2D eigenvalue weighted by atomic mass is 9.83. The smallest absolute Gasteiger partial charge is 0.0638 e. The van der Waals surface area contributed by atoms with Gasteiger partial charge in [-0.1, -0.05) is 0 Å². The van der Waals surface area contributed by atoms with E-state index in [2.05, 4.69) is 64.3 Å². The van der Waals surface area contributed by atoms with E-state index in [4.69, 9.17) is 0 Å². The van der Waals surface area contributed by atoms with Crippen LogP contribution in [0.1, 0.15) is 29.8 Å². The molecule has 2 aromatic rings. The Balaban J connectivity index is 1.46. The third-order valence-corrected chi connectivity index (χ3v) is 6.81. The normalized spacial score (nSPS) is 21.8. The number of piperazine rings is 1. The SMILES string of the molecule is Cc1cc(CN2CCC3(CC2)CN(C)CCN3C)c(C)n1-c1cccnc1. The Morgan fingerprint density at radius 1 is 1.07 bits per heavy atom. The molecule has 2 saturated heterocycles. The molecule has 2 aliphatic rings. The van der Waals surface area contributed by atoms with Crippen molar-refractivity contribution in [2.24, 2.45) is 0 Å². The molecule has 5 nitrogen and oxygen atoms in total. The standard InChI is InChI=1S/C22H33N5/c1-18-14-20(19(2)27(18)21-6-5-9-23-15-21)16-26-10-7-22(8-11-26)17-24(3)12-13-25(22)4/h5-6,9,14-15H,7-8,10-13,16-17H2,1-4H3. The van der Waals surface area contributed by atoms with Gasteiger partial charge in [-0.3, -0.25) is 14.8 Å². The molecule has 0 bridgehead atoms. The third kappa shape index (κ3) is 3.56. The lowest BCUT2D eigenvalue weighted by Crippen LogP contribution is -2.63. The average molecular weight is 368 g/mol. The van der Waals surface area contributed by atoms with Gasteiger partial charge in [-0.15, -0.1) is 0 Å². The van der Waals surface area contributed by atoms with Gasteiger partial charge in [-0.25, -0.2) is 0 Å². The molecule has 0 aliphatic carbocycles. The summed E-state index contributed by atoms with van der Waals surface area (Å²) in [5.74, 6) is 0. The molecule has 146 valence electrons. The van der Waals surface area contributed by atoms with Crippen LogP contribution in [0, 0.1) is 13.8 Å². The fraction of sp³-hybridized carbons (Fsp3) is 0.591. The van der Waals surface area contributed by atoms with Crippen LogP contribution >= 0.6 is 0 Å². The number of aryl methyl sites for hydroxylation is 1. The van der Waals surface area contributed by atoms with Crippen LogP contribution in [0.25, 0.3) is 5.69 Å². The molecule has 2 aromatic heterocycles. The van der Waals surface area contributed by atoms with E-state index in [-0.39, 0.29) is 0 Å². The first-order valence-electron chi connectivity index (χ1n) is 10.2. The topological polar surface area (TPSA) is 27.5 Å². The van der Waals surface area contributed by atoms with Crippen molar-refractivity contribution in [2.45, 2.75) is 38.8 Å². The molecule has 4 rings (SSSR count). The van der Waals surface area contributed by atoms with Gasteiger partial charge in [0.1, 0.15) is 0 Å². The maximum atomic E-state index is 4.29. The second-order valence-corrected chi connectivity index (χ2v) is 8.60. The number of rotatable bonds is 3. The first-order chi connectivity index (χ1) is 13.0. The van der Waals surface area contributed by atoms with Crippen LogP contribution in [0.3, 0.4) is 0 Å². The monoisotopic (exact) mass is 367 g/mol. The van der Waals surface area contributed by atoms with Crippen LogP contribution in [-0.2, 0) is 6.54 Å². The Hall–Kier alpha value is -1.69. The van der Waals surface area contributed by atoms with Gasteiger partial charge in [0.05, 0.1) is 11.9 Å². The Morgan fingerprint density at radius 2 is 1.85 bits per heavy atom. The maximum absolute atomic E-state index is 4.29. The predicted molar refractivity (Wildman–Crippen MR) is 110 cm³/mol. The summed E-state index contributed by atoms with van der Waals surface area (Å²) in [6.07, 6.45) is 6.33. The molecule has 0 unspecified atom stereocenters. The third-order valence-electron chi connectivity index (χ3n) is 6.81. The van der Waals surface area contributed by atoms with E-state index in [1.165, 1.54) is 62.5 Å². The van der Waals surface area contributed by atoms with E-state index in [9.17, 15) is 0 Å². The molecule has 0 N–H and O–H groups in total.